The van der Waals surface area contributed by atoms with Crippen LogP contribution in [-0.2, 0) is 9.84 Å². The lowest BCUT2D eigenvalue weighted by molar-refractivity contribution is 0.352. The molecule has 21 heavy (non-hydrogen) atoms. The number of hydrogen-bond donors (Lipinski definition) is 1. The number of pyridine rings is 1. The van der Waals surface area contributed by atoms with Gasteiger partial charge in [0.05, 0.1) is 11.8 Å². The van der Waals surface area contributed by atoms with Gasteiger partial charge in [0.1, 0.15) is 15.5 Å². The SMILES string of the molecule is Cc1cnc(-c2noc(C(N)CCS(C)(=O)=O)n2)c(C)c1. The van der Waals surface area contributed by atoms with Crippen LogP contribution in [0.2, 0.25) is 0 Å². The van der Waals surface area contributed by atoms with Crippen molar-refractivity contribution in [2.45, 2.75) is 26.3 Å². The minimum absolute atomic E-state index is 0.0201. The minimum atomic E-state index is -3.07. The van der Waals surface area contributed by atoms with Crippen molar-refractivity contribution in [2.24, 2.45) is 5.73 Å². The molecule has 8 heteroatoms. The topological polar surface area (TPSA) is 112 Å². The van der Waals surface area contributed by atoms with Gasteiger partial charge < -0.3 is 10.3 Å². The number of nitrogens with two attached hydrogens (primary N) is 1. The van der Waals surface area contributed by atoms with E-state index in [2.05, 4.69) is 15.1 Å². The van der Waals surface area contributed by atoms with E-state index in [9.17, 15) is 8.42 Å². The predicted octanol–water partition coefficient (Wildman–Crippen LogP) is 1.18. The number of aromatic nitrogens is 3. The summed E-state index contributed by atoms with van der Waals surface area (Å²) < 4.78 is 27.4. The Labute approximate surface area is 123 Å². The molecule has 2 aromatic heterocycles. The lowest BCUT2D eigenvalue weighted by Crippen LogP contribution is -2.16. The summed E-state index contributed by atoms with van der Waals surface area (Å²) in [6.07, 6.45) is 3.13. The Bertz CT molecular complexity index is 740. The van der Waals surface area contributed by atoms with Crippen molar-refractivity contribution < 1.29 is 12.9 Å². The summed E-state index contributed by atoms with van der Waals surface area (Å²) in [5.74, 6) is 0.556. The highest BCUT2D eigenvalue weighted by Gasteiger charge is 2.19. The van der Waals surface area contributed by atoms with Crippen LogP contribution < -0.4 is 5.73 Å². The van der Waals surface area contributed by atoms with Crippen LogP contribution in [0.4, 0.5) is 0 Å². The Hall–Kier alpha value is -1.80. The van der Waals surface area contributed by atoms with Crippen LogP contribution in [0, 0.1) is 13.8 Å². The van der Waals surface area contributed by atoms with Crippen molar-refractivity contribution in [2.75, 3.05) is 12.0 Å². The fourth-order valence-corrected chi connectivity index (χ4v) is 2.58. The summed E-state index contributed by atoms with van der Waals surface area (Å²) in [5, 5.41) is 3.86. The highest BCUT2D eigenvalue weighted by atomic mass is 32.2. The van der Waals surface area contributed by atoms with E-state index in [0.29, 0.717) is 11.5 Å². The fourth-order valence-electron chi connectivity index (χ4n) is 1.90. The lowest BCUT2D eigenvalue weighted by atomic mass is 10.1. The van der Waals surface area contributed by atoms with Crippen molar-refractivity contribution in [3.05, 3.63) is 29.3 Å². The normalized spacial score (nSPS) is 13.3. The molecule has 0 saturated heterocycles. The summed E-state index contributed by atoms with van der Waals surface area (Å²) in [6.45, 7) is 3.86. The lowest BCUT2D eigenvalue weighted by Gasteiger charge is -2.04. The summed E-state index contributed by atoms with van der Waals surface area (Å²) in [5.41, 5.74) is 8.49. The van der Waals surface area contributed by atoms with Crippen LogP contribution in [0.15, 0.2) is 16.8 Å². The molecule has 0 amide bonds. The van der Waals surface area contributed by atoms with E-state index in [1.54, 1.807) is 6.20 Å². The van der Waals surface area contributed by atoms with Crippen molar-refractivity contribution in [3.8, 4) is 11.5 Å². The van der Waals surface area contributed by atoms with Crippen LogP contribution in [0.1, 0.15) is 29.5 Å². The first kappa shape index (κ1) is 15.6. The van der Waals surface area contributed by atoms with Gasteiger partial charge in [0, 0.05) is 12.5 Å². The summed E-state index contributed by atoms with van der Waals surface area (Å²) in [4.78, 5) is 8.50. The van der Waals surface area contributed by atoms with E-state index in [4.69, 9.17) is 10.3 Å². The van der Waals surface area contributed by atoms with Gasteiger partial charge in [0.25, 0.3) is 0 Å². The van der Waals surface area contributed by atoms with Gasteiger partial charge in [-0.25, -0.2) is 8.42 Å². The van der Waals surface area contributed by atoms with Crippen LogP contribution in [0.3, 0.4) is 0 Å². The molecule has 2 N–H and O–H groups in total. The van der Waals surface area contributed by atoms with Crippen LogP contribution in [0.5, 0.6) is 0 Å². The van der Waals surface area contributed by atoms with E-state index < -0.39 is 15.9 Å². The Morgan fingerprint density at radius 3 is 2.71 bits per heavy atom. The number of aryl methyl sites for hydroxylation is 2. The molecular weight excluding hydrogens is 292 g/mol. The zero-order valence-corrected chi connectivity index (χ0v) is 13.0. The van der Waals surface area contributed by atoms with Crippen LogP contribution in [-0.4, -0.2) is 35.6 Å². The standard InChI is InChI=1S/C13H18N4O3S/c1-8-6-9(2)11(15-7-8)12-16-13(20-17-12)10(14)4-5-21(3,18)19/h6-7,10H,4-5,14H2,1-3H3. The Morgan fingerprint density at radius 2 is 2.10 bits per heavy atom. The van der Waals surface area contributed by atoms with E-state index in [1.807, 2.05) is 19.9 Å². The maximum atomic E-state index is 11.1. The zero-order chi connectivity index (χ0) is 15.6. The van der Waals surface area contributed by atoms with Crippen LogP contribution in [0.25, 0.3) is 11.5 Å². The maximum Gasteiger partial charge on any atom is 0.243 e. The number of nitrogens with zero attached hydrogens (tertiary/aromatic N) is 3. The largest absolute Gasteiger partial charge is 0.337 e. The molecule has 1 unspecified atom stereocenters. The summed E-state index contributed by atoms with van der Waals surface area (Å²) in [7, 11) is -3.07. The van der Waals surface area contributed by atoms with Crippen LogP contribution >= 0.6 is 0 Å². The first-order valence-corrected chi connectivity index (χ1v) is 8.53. The molecule has 0 bridgehead atoms. The van der Waals surface area contributed by atoms with Gasteiger partial charge in [-0.1, -0.05) is 11.2 Å². The molecule has 0 aliphatic heterocycles. The Morgan fingerprint density at radius 1 is 1.38 bits per heavy atom. The third-order valence-electron chi connectivity index (χ3n) is 2.99. The number of sulfone groups is 1. The molecule has 0 aliphatic rings. The highest BCUT2D eigenvalue weighted by Crippen LogP contribution is 2.21. The van der Waals surface area contributed by atoms with E-state index in [0.717, 1.165) is 11.1 Å². The smallest absolute Gasteiger partial charge is 0.243 e. The minimum Gasteiger partial charge on any atom is -0.337 e. The third kappa shape index (κ3) is 4.08. The summed E-state index contributed by atoms with van der Waals surface area (Å²) in [6, 6.07) is 1.37. The molecule has 7 nitrogen and oxygen atoms in total. The second-order valence-corrected chi connectivity index (χ2v) is 7.42. The van der Waals surface area contributed by atoms with Gasteiger partial charge >= 0.3 is 0 Å². The molecule has 0 aromatic carbocycles. The monoisotopic (exact) mass is 310 g/mol. The average molecular weight is 310 g/mol. The van der Waals surface area contributed by atoms with Crippen molar-refractivity contribution in [3.63, 3.8) is 0 Å². The molecule has 114 valence electrons. The summed E-state index contributed by atoms with van der Waals surface area (Å²) >= 11 is 0. The van der Waals surface area contributed by atoms with Crippen molar-refractivity contribution in [1.82, 2.24) is 15.1 Å². The molecule has 1 atom stereocenters. The zero-order valence-electron chi connectivity index (χ0n) is 12.2. The van der Waals surface area contributed by atoms with Gasteiger partial charge in [-0.05, 0) is 31.4 Å². The van der Waals surface area contributed by atoms with Gasteiger partial charge in [-0.15, -0.1) is 0 Å². The number of hydrogen-bond acceptors (Lipinski definition) is 7. The van der Waals surface area contributed by atoms with E-state index in [-0.39, 0.29) is 18.1 Å². The third-order valence-corrected chi connectivity index (χ3v) is 3.96. The fraction of sp³-hybridized carbons (Fsp3) is 0.462. The van der Waals surface area contributed by atoms with Gasteiger partial charge in [0.15, 0.2) is 0 Å². The van der Waals surface area contributed by atoms with Crippen molar-refractivity contribution >= 4 is 9.84 Å². The molecule has 2 heterocycles. The maximum absolute atomic E-state index is 11.1. The second-order valence-electron chi connectivity index (χ2n) is 5.16. The Balaban J connectivity index is 2.17. The van der Waals surface area contributed by atoms with Gasteiger partial charge in [-0.2, -0.15) is 4.98 Å². The molecule has 2 aromatic rings. The Kier molecular flexibility index (Phi) is 4.38. The second kappa shape index (κ2) is 5.90. The first-order chi connectivity index (χ1) is 9.76. The quantitative estimate of drug-likeness (QED) is 0.882. The molecule has 0 spiro atoms. The molecule has 2 rings (SSSR count). The number of rotatable bonds is 5. The molecule has 0 aliphatic carbocycles. The van der Waals surface area contributed by atoms with E-state index in [1.165, 1.54) is 6.26 Å². The molecule has 0 radical (unpaired) electrons. The molecular formula is C13H18N4O3S. The van der Waals surface area contributed by atoms with Crippen molar-refractivity contribution in [1.29, 1.82) is 0 Å². The molecule has 0 fully saturated rings. The highest BCUT2D eigenvalue weighted by molar-refractivity contribution is 7.90. The van der Waals surface area contributed by atoms with E-state index >= 15 is 0 Å². The predicted molar refractivity (Wildman–Crippen MR) is 78.3 cm³/mol. The van der Waals surface area contributed by atoms with Gasteiger partial charge in [-0.3, -0.25) is 4.98 Å². The average Bonchev–Trinajstić information content (AvgIpc) is 2.84. The first-order valence-electron chi connectivity index (χ1n) is 6.47. The molecule has 0 saturated carbocycles. The van der Waals surface area contributed by atoms with Gasteiger partial charge in [0.2, 0.25) is 11.7 Å².